The van der Waals surface area contributed by atoms with Crippen LogP contribution in [0, 0.1) is 11.6 Å². The molecular weight excluding hydrogens is 373 g/mol. The second-order valence-electron chi connectivity index (χ2n) is 4.08. The van der Waals surface area contributed by atoms with Crippen LogP contribution >= 0.6 is 35.8 Å². The van der Waals surface area contributed by atoms with Gasteiger partial charge in [-0.15, -0.1) is 12.6 Å². The average molecular weight is 385 g/mol. The van der Waals surface area contributed by atoms with Crippen LogP contribution in [-0.2, 0) is 9.84 Å². The number of halogens is 4. The van der Waals surface area contributed by atoms with E-state index >= 15 is 0 Å². The molecule has 2 aromatic carbocycles. The Labute approximate surface area is 143 Å². The fourth-order valence-corrected chi connectivity index (χ4v) is 2.93. The summed E-state index contributed by atoms with van der Waals surface area (Å²) in [4.78, 5) is 0.725. The van der Waals surface area contributed by atoms with Crippen LogP contribution < -0.4 is 0 Å². The van der Waals surface area contributed by atoms with Gasteiger partial charge in [-0.25, -0.2) is 17.2 Å². The first kappa shape index (κ1) is 19.2. The van der Waals surface area contributed by atoms with E-state index in [0.717, 1.165) is 12.1 Å². The molecule has 0 N–H and O–H groups in total. The summed E-state index contributed by atoms with van der Waals surface area (Å²) in [6, 6.07) is 7.66. The molecule has 0 aliphatic carbocycles. The minimum Gasteiger partial charge on any atom is -0.224 e. The Hall–Kier alpha value is -0.820. The third-order valence-corrected chi connectivity index (χ3v) is 5.12. The molecule has 0 unspecified atom stereocenters. The molecule has 0 radical (unpaired) electrons. The molecule has 0 aromatic heterocycles. The van der Waals surface area contributed by atoms with E-state index in [2.05, 4.69) is 12.6 Å². The summed E-state index contributed by atoms with van der Waals surface area (Å²) < 4.78 is 47.6. The first-order chi connectivity index (χ1) is 10.2. The summed E-state index contributed by atoms with van der Waals surface area (Å²) in [6.07, 6.45) is 0. The van der Waals surface area contributed by atoms with Crippen molar-refractivity contribution in [1.29, 1.82) is 0 Å². The predicted molar refractivity (Wildman–Crippen MR) is 87.8 cm³/mol. The van der Waals surface area contributed by atoms with Crippen molar-refractivity contribution in [3.63, 3.8) is 0 Å². The Balaban J connectivity index is 0.000000235. The maximum absolute atomic E-state index is 12.7. The molecule has 0 aliphatic rings. The molecule has 0 atom stereocenters. The molecule has 0 aliphatic heterocycles. The molecule has 120 valence electrons. The number of hydrogen-bond acceptors (Lipinski definition) is 3. The van der Waals surface area contributed by atoms with E-state index in [1.54, 1.807) is 6.07 Å². The lowest BCUT2D eigenvalue weighted by Gasteiger charge is -2.01. The normalized spacial score (nSPS) is 10.8. The second kappa shape index (κ2) is 8.15. The van der Waals surface area contributed by atoms with E-state index in [1.165, 1.54) is 25.1 Å². The molecule has 0 amide bonds. The van der Waals surface area contributed by atoms with Crippen LogP contribution in [0.1, 0.15) is 6.92 Å². The highest BCUT2D eigenvalue weighted by molar-refractivity contribution is 7.91. The fraction of sp³-hybridized carbons (Fsp3) is 0.143. The minimum atomic E-state index is -3.29. The van der Waals surface area contributed by atoms with Crippen molar-refractivity contribution in [2.75, 3.05) is 5.75 Å². The maximum Gasteiger partial charge on any atom is 0.178 e. The summed E-state index contributed by atoms with van der Waals surface area (Å²) >= 11 is 14.8. The van der Waals surface area contributed by atoms with Crippen LogP contribution in [0.2, 0.25) is 10.0 Å². The molecule has 0 fully saturated rings. The van der Waals surface area contributed by atoms with Crippen LogP contribution in [0.4, 0.5) is 8.78 Å². The first-order valence-corrected chi connectivity index (χ1v) is 8.84. The van der Waals surface area contributed by atoms with Crippen LogP contribution in [0.3, 0.4) is 0 Å². The van der Waals surface area contributed by atoms with E-state index < -0.39 is 21.5 Å². The summed E-state index contributed by atoms with van der Waals surface area (Å²) in [5.74, 6) is -1.04. The highest BCUT2D eigenvalue weighted by atomic mass is 35.5. The minimum absolute atomic E-state index is 0.0189. The monoisotopic (exact) mass is 384 g/mol. The third-order valence-electron chi connectivity index (χ3n) is 2.53. The molecule has 0 bridgehead atoms. The number of hydrogen-bond donors (Lipinski definition) is 1. The third kappa shape index (κ3) is 5.43. The quantitative estimate of drug-likeness (QED) is 0.581. The summed E-state index contributed by atoms with van der Waals surface area (Å²) in [6.45, 7) is 1.52. The zero-order valence-corrected chi connectivity index (χ0v) is 14.6. The van der Waals surface area contributed by atoms with E-state index in [4.69, 9.17) is 23.2 Å². The molecular formula is C14H12Cl2F2O2S2. The van der Waals surface area contributed by atoms with E-state index in [9.17, 15) is 17.2 Å². The van der Waals surface area contributed by atoms with Gasteiger partial charge in [0.1, 0.15) is 11.6 Å². The molecule has 0 spiro atoms. The topological polar surface area (TPSA) is 34.1 Å². The van der Waals surface area contributed by atoms with Crippen LogP contribution in [-0.4, -0.2) is 14.2 Å². The Kier molecular flexibility index (Phi) is 7.12. The molecule has 0 saturated carbocycles. The summed E-state index contributed by atoms with van der Waals surface area (Å²) in [5.41, 5.74) is 0. The zero-order chi connectivity index (χ0) is 16.9. The first-order valence-electron chi connectivity index (χ1n) is 5.99. The molecule has 8 heteroatoms. The fourth-order valence-electron chi connectivity index (χ4n) is 1.32. The summed E-state index contributed by atoms with van der Waals surface area (Å²) in [7, 11) is -3.29. The van der Waals surface area contributed by atoms with Crippen molar-refractivity contribution in [3.05, 3.63) is 58.1 Å². The smallest absolute Gasteiger partial charge is 0.178 e. The lowest BCUT2D eigenvalue weighted by atomic mass is 10.3. The van der Waals surface area contributed by atoms with Crippen molar-refractivity contribution in [1.82, 2.24) is 0 Å². The van der Waals surface area contributed by atoms with Gasteiger partial charge in [-0.2, -0.15) is 0 Å². The molecule has 0 saturated heterocycles. The van der Waals surface area contributed by atoms with Crippen molar-refractivity contribution in [2.24, 2.45) is 0 Å². The van der Waals surface area contributed by atoms with Crippen LogP contribution in [0.25, 0.3) is 0 Å². The van der Waals surface area contributed by atoms with Gasteiger partial charge >= 0.3 is 0 Å². The lowest BCUT2D eigenvalue weighted by molar-refractivity contribution is 0.596. The van der Waals surface area contributed by atoms with Gasteiger partial charge in [0.15, 0.2) is 9.84 Å². The molecule has 2 aromatic rings. The Morgan fingerprint density at radius 3 is 1.91 bits per heavy atom. The van der Waals surface area contributed by atoms with E-state index in [1.807, 2.05) is 0 Å². The number of thiol groups is 1. The van der Waals surface area contributed by atoms with Gasteiger partial charge in [0, 0.05) is 4.90 Å². The van der Waals surface area contributed by atoms with Crippen molar-refractivity contribution >= 4 is 45.7 Å². The lowest BCUT2D eigenvalue weighted by Crippen LogP contribution is -2.03. The maximum atomic E-state index is 12.7. The van der Waals surface area contributed by atoms with Crippen molar-refractivity contribution < 1.29 is 17.2 Å². The van der Waals surface area contributed by atoms with Gasteiger partial charge in [-0.3, -0.25) is 0 Å². The molecule has 22 heavy (non-hydrogen) atoms. The molecule has 2 nitrogen and oxygen atoms in total. The molecule has 2 rings (SSSR count). The number of sulfone groups is 1. The van der Waals surface area contributed by atoms with Gasteiger partial charge in [0.05, 0.1) is 20.7 Å². The summed E-state index contributed by atoms with van der Waals surface area (Å²) in [5, 5.41) is -0.0583. The van der Waals surface area contributed by atoms with E-state index in [-0.39, 0.29) is 20.7 Å². The van der Waals surface area contributed by atoms with Crippen molar-refractivity contribution in [3.8, 4) is 0 Å². The second-order valence-corrected chi connectivity index (χ2v) is 7.69. The standard InChI is InChI=1S/C8H8ClFO2S.C6H4ClFS/c1-2-13(11,12)6-3-4-8(10)7(9)5-6;7-5-3-4(9)1-2-6(5)8/h3-5H,2H2,1H3;1-3,9H. The predicted octanol–water partition coefficient (Wildman–Crippen LogP) is 5.04. The SMILES string of the molecule is CCS(=O)(=O)c1ccc(F)c(Cl)c1.Fc1ccc(S)cc1Cl. The Morgan fingerprint density at radius 1 is 1.00 bits per heavy atom. The van der Waals surface area contributed by atoms with Gasteiger partial charge in [0.25, 0.3) is 0 Å². The van der Waals surface area contributed by atoms with Crippen molar-refractivity contribution in [2.45, 2.75) is 16.7 Å². The largest absolute Gasteiger partial charge is 0.224 e. The highest BCUT2D eigenvalue weighted by Crippen LogP contribution is 2.20. The Morgan fingerprint density at radius 2 is 1.50 bits per heavy atom. The van der Waals surface area contributed by atoms with Gasteiger partial charge < -0.3 is 0 Å². The van der Waals surface area contributed by atoms with Gasteiger partial charge in [0.2, 0.25) is 0 Å². The Bertz CT molecular complexity index is 765. The number of rotatable bonds is 2. The number of benzene rings is 2. The zero-order valence-electron chi connectivity index (χ0n) is 11.4. The van der Waals surface area contributed by atoms with E-state index in [0.29, 0.717) is 4.90 Å². The van der Waals surface area contributed by atoms with Gasteiger partial charge in [-0.05, 0) is 36.4 Å². The van der Waals surface area contributed by atoms with Crippen LogP contribution in [0.5, 0.6) is 0 Å². The molecule has 0 heterocycles. The highest BCUT2D eigenvalue weighted by Gasteiger charge is 2.12. The van der Waals surface area contributed by atoms with Crippen LogP contribution in [0.15, 0.2) is 46.2 Å². The van der Waals surface area contributed by atoms with Gasteiger partial charge in [-0.1, -0.05) is 30.1 Å². The average Bonchev–Trinajstić information content (AvgIpc) is 2.46.